The van der Waals surface area contributed by atoms with Crippen molar-refractivity contribution in [2.45, 2.75) is 32.2 Å². The highest BCUT2D eigenvalue weighted by atomic mass is 16.6. The van der Waals surface area contributed by atoms with Crippen LogP contribution in [0, 0.1) is 10.1 Å². The molecule has 1 aromatic carbocycles. The highest BCUT2D eigenvalue weighted by Gasteiger charge is 2.24. The molecule has 1 aliphatic heterocycles. The quantitative estimate of drug-likeness (QED) is 0.466. The van der Waals surface area contributed by atoms with Crippen molar-refractivity contribution in [1.82, 2.24) is 0 Å². The smallest absolute Gasteiger partial charge is 0.305 e. The number of nitro groups is 1. The minimum atomic E-state index is -0.877. The van der Waals surface area contributed by atoms with Gasteiger partial charge < -0.3 is 10.0 Å². The van der Waals surface area contributed by atoms with Gasteiger partial charge in [0.05, 0.1) is 12.1 Å². The number of nitrogens with zero attached hydrogens (tertiary/aromatic N) is 2. The molecule has 118 valence electrons. The van der Waals surface area contributed by atoms with Crippen molar-refractivity contribution < 1.29 is 19.6 Å². The number of carboxylic acids is 1. The van der Waals surface area contributed by atoms with E-state index in [0.29, 0.717) is 18.7 Å². The fourth-order valence-corrected chi connectivity index (χ4v) is 2.81. The molecule has 0 fully saturated rings. The number of carbonyl (C=O) groups excluding carboxylic acids is 1. The van der Waals surface area contributed by atoms with Crippen LogP contribution in [0.1, 0.15) is 34.8 Å². The standard InChI is InChI=1S/C15H18N2O5/c1-10(17(21)22)6-11-7-12-2-4-16(5-3-14(19)20)15(12)13(8-11)9-18/h7-10H,2-6H2,1H3,(H,19,20). The van der Waals surface area contributed by atoms with E-state index in [2.05, 4.69) is 0 Å². The lowest BCUT2D eigenvalue weighted by molar-refractivity contribution is -0.517. The summed E-state index contributed by atoms with van der Waals surface area (Å²) >= 11 is 0. The third-order valence-electron chi connectivity index (χ3n) is 3.86. The monoisotopic (exact) mass is 306 g/mol. The Morgan fingerprint density at radius 2 is 2.27 bits per heavy atom. The molecule has 0 saturated heterocycles. The summed E-state index contributed by atoms with van der Waals surface area (Å²) in [6.45, 7) is 2.55. The molecule has 1 heterocycles. The SMILES string of the molecule is CC(Cc1cc(C=O)c2c(c1)CCN2CCC(=O)O)[N+](=O)[O-]. The summed E-state index contributed by atoms with van der Waals surface area (Å²) in [6.07, 6.45) is 1.74. The van der Waals surface area contributed by atoms with E-state index in [0.717, 1.165) is 29.5 Å². The fourth-order valence-electron chi connectivity index (χ4n) is 2.81. The van der Waals surface area contributed by atoms with Crippen molar-refractivity contribution in [3.8, 4) is 0 Å². The first-order valence-electron chi connectivity index (χ1n) is 7.13. The van der Waals surface area contributed by atoms with Gasteiger partial charge in [0, 0.05) is 36.9 Å². The molecule has 1 N–H and O–H groups in total. The number of hydrogen-bond acceptors (Lipinski definition) is 5. The Kier molecular flexibility index (Phi) is 4.75. The Morgan fingerprint density at radius 1 is 1.55 bits per heavy atom. The van der Waals surface area contributed by atoms with Crippen molar-refractivity contribution >= 4 is 17.9 Å². The molecule has 1 aliphatic rings. The average molecular weight is 306 g/mol. The minimum absolute atomic E-state index is 0.0118. The van der Waals surface area contributed by atoms with Crippen LogP contribution < -0.4 is 4.90 Å². The van der Waals surface area contributed by atoms with Crippen LogP contribution in [-0.2, 0) is 17.6 Å². The first-order valence-corrected chi connectivity index (χ1v) is 7.13. The number of fused-ring (bicyclic) bond motifs is 1. The lowest BCUT2D eigenvalue weighted by Crippen LogP contribution is -2.24. The number of rotatable bonds is 7. The number of anilines is 1. The van der Waals surface area contributed by atoms with Crippen molar-refractivity contribution in [3.63, 3.8) is 0 Å². The van der Waals surface area contributed by atoms with Crippen LogP contribution in [0.2, 0.25) is 0 Å². The third kappa shape index (κ3) is 3.41. The van der Waals surface area contributed by atoms with E-state index in [4.69, 9.17) is 5.11 Å². The molecule has 1 unspecified atom stereocenters. The van der Waals surface area contributed by atoms with Crippen LogP contribution in [0.25, 0.3) is 0 Å². The topological polar surface area (TPSA) is 101 Å². The number of benzene rings is 1. The molecule has 7 heteroatoms. The summed E-state index contributed by atoms with van der Waals surface area (Å²) in [5.74, 6) is -0.877. The zero-order chi connectivity index (χ0) is 16.3. The maximum absolute atomic E-state index is 11.3. The molecule has 0 amide bonds. The van der Waals surface area contributed by atoms with Crippen molar-refractivity contribution in [2.24, 2.45) is 0 Å². The van der Waals surface area contributed by atoms with Crippen LogP contribution in [0.5, 0.6) is 0 Å². The normalized spacial score (nSPS) is 14.5. The summed E-state index contributed by atoms with van der Waals surface area (Å²) in [4.78, 5) is 34.4. The zero-order valence-electron chi connectivity index (χ0n) is 12.3. The van der Waals surface area contributed by atoms with Gasteiger partial charge >= 0.3 is 5.97 Å². The van der Waals surface area contributed by atoms with Gasteiger partial charge in [-0.25, -0.2) is 0 Å². The highest BCUT2D eigenvalue weighted by Crippen LogP contribution is 2.33. The second kappa shape index (κ2) is 6.55. The average Bonchev–Trinajstić information content (AvgIpc) is 2.87. The van der Waals surface area contributed by atoms with Gasteiger partial charge in [-0.05, 0) is 23.6 Å². The molecule has 0 spiro atoms. The molecular weight excluding hydrogens is 288 g/mol. The van der Waals surface area contributed by atoms with Gasteiger partial charge in [-0.1, -0.05) is 6.07 Å². The zero-order valence-corrected chi connectivity index (χ0v) is 12.3. The number of hydrogen-bond donors (Lipinski definition) is 1. The van der Waals surface area contributed by atoms with Crippen molar-refractivity contribution in [2.75, 3.05) is 18.0 Å². The predicted octanol–water partition coefficient (Wildman–Crippen LogP) is 1.54. The Morgan fingerprint density at radius 3 is 2.86 bits per heavy atom. The van der Waals surface area contributed by atoms with Crippen LogP contribution in [0.3, 0.4) is 0 Å². The van der Waals surface area contributed by atoms with E-state index in [-0.39, 0.29) is 17.8 Å². The van der Waals surface area contributed by atoms with Crippen molar-refractivity contribution in [3.05, 3.63) is 38.9 Å². The van der Waals surface area contributed by atoms with Crippen LogP contribution >= 0.6 is 0 Å². The number of aliphatic carboxylic acids is 1. The maximum Gasteiger partial charge on any atom is 0.305 e. The van der Waals surface area contributed by atoms with Crippen LogP contribution in [-0.4, -0.2) is 41.4 Å². The first-order chi connectivity index (χ1) is 10.4. The minimum Gasteiger partial charge on any atom is -0.481 e. The molecule has 22 heavy (non-hydrogen) atoms. The number of carboxylic acid groups (broad SMARTS) is 1. The van der Waals surface area contributed by atoms with Gasteiger partial charge in [0.25, 0.3) is 0 Å². The van der Waals surface area contributed by atoms with Gasteiger partial charge in [0.1, 0.15) is 0 Å². The second-order valence-electron chi connectivity index (χ2n) is 5.53. The van der Waals surface area contributed by atoms with Crippen molar-refractivity contribution in [1.29, 1.82) is 0 Å². The Balaban J connectivity index is 2.26. The van der Waals surface area contributed by atoms with E-state index in [9.17, 15) is 19.7 Å². The Bertz CT molecular complexity index is 614. The summed E-state index contributed by atoms with van der Waals surface area (Å²) in [6, 6.07) is 2.86. The highest BCUT2D eigenvalue weighted by molar-refractivity contribution is 5.88. The summed E-state index contributed by atoms with van der Waals surface area (Å²) in [7, 11) is 0. The Hall–Kier alpha value is -2.44. The maximum atomic E-state index is 11.3. The Labute approximate surface area is 127 Å². The summed E-state index contributed by atoms with van der Waals surface area (Å²) in [5.41, 5.74) is 2.98. The van der Waals surface area contributed by atoms with Gasteiger partial charge in [-0.3, -0.25) is 19.7 Å². The molecule has 1 aromatic rings. The summed E-state index contributed by atoms with van der Waals surface area (Å²) < 4.78 is 0. The lowest BCUT2D eigenvalue weighted by atomic mass is 9.99. The first kappa shape index (κ1) is 15.9. The van der Waals surface area contributed by atoms with E-state index in [1.54, 1.807) is 6.07 Å². The van der Waals surface area contributed by atoms with E-state index < -0.39 is 12.0 Å². The molecule has 0 aromatic heterocycles. The van der Waals surface area contributed by atoms with Crippen LogP contribution in [0.15, 0.2) is 12.1 Å². The molecular formula is C15H18N2O5. The molecule has 7 nitrogen and oxygen atoms in total. The van der Waals surface area contributed by atoms with E-state index >= 15 is 0 Å². The van der Waals surface area contributed by atoms with Gasteiger partial charge in [0.15, 0.2) is 6.29 Å². The fraction of sp³-hybridized carbons (Fsp3) is 0.467. The third-order valence-corrected chi connectivity index (χ3v) is 3.86. The molecule has 0 saturated carbocycles. The molecule has 2 rings (SSSR count). The molecule has 1 atom stereocenters. The lowest BCUT2D eigenvalue weighted by Gasteiger charge is -2.20. The van der Waals surface area contributed by atoms with Gasteiger partial charge in [0.2, 0.25) is 6.04 Å². The van der Waals surface area contributed by atoms with Gasteiger partial charge in [-0.15, -0.1) is 0 Å². The van der Waals surface area contributed by atoms with E-state index in [1.165, 1.54) is 6.92 Å². The molecule has 0 bridgehead atoms. The second-order valence-corrected chi connectivity index (χ2v) is 5.53. The van der Waals surface area contributed by atoms with E-state index in [1.807, 2.05) is 11.0 Å². The van der Waals surface area contributed by atoms with Gasteiger partial charge in [-0.2, -0.15) is 0 Å². The van der Waals surface area contributed by atoms with Crippen LogP contribution in [0.4, 0.5) is 5.69 Å². The largest absolute Gasteiger partial charge is 0.481 e. The molecule has 0 radical (unpaired) electrons. The predicted molar refractivity (Wildman–Crippen MR) is 80.2 cm³/mol. The molecule has 0 aliphatic carbocycles. The number of aldehydes is 1. The number of carbonyl (C=O) groups is 2. The summed E-state index contributed by atoms with van der Waals surface area (Å²) in [5, 5.41) is 19.5.